The van der Waals surface area contributed by atoms with E-state index in [-0.39, 0.29) is 17.5 Å². The number of ether oxygens (including phenoxy) is 1. The quantitative estimate of drug-likeness (QED) is 0.0664. The first kappa shape index (κ1) is 44.3. The lowest BCUT2D eigenvalue weighted by Gasteiger charge is -2.71. The van der Waals surface area contributed by atoms with Gasteiger partial charge in [-0.05, 0) is 115 Å². The van der Waals surface area contributed by atoms with Gasteiger partial charge in [0.15, 0.2) is 0 Å². The standard InChI is InChI=1S/C52H92O2/c1-10-11-12-13-14-15-16-17-18-19-20-21-22-23-24-25-26-27-28-29-46(53)54-45-33-34-50(7)43(48(45,4)5)32-35-52(9)44(50)31-30-41-42-40-47(2,3)36-37-49(42,6)38-39-51(41,52)8/h30,42-45H,10-29,31-40H2,1-9H3/t42-,43+,44-,45+,49-,50+,51-,52-/m1/s1. The van der Waals surface area contributed by atoms with E-state index in [9.17, 15) is 4.79 Å². The zero-order chi connectivity index (χ0) is 39.1. The topological polar surface area (TPSA) is 26.3 Å². The van der Waals surface area contributed by atoms with Crippen LogP contribution in [0.25, 0.3) is 0 Å². The monoisotopic (exact) mass is 749 g/mol. The molecule has 5 aliphatic rings. The van der Waals surface area contributed by atoms with Crippen molar-refractivity contribution in [1.29, 1.82) is 0 Å². The molecule has 0 unspecified atom stereocenters. The van der Waals surface area contributed by atoms with Gasteiger partial charge < -0.3 is 4.74 Å². The molecular weight excluding hydrogens is 657 g/mol. The highest BCUT2D eigenvalue weighted by Gasteiger charge is 2.68. The Hall–Kier alpha value is -0.790. The minimum Gasteiger partial charge on any atom is -0.462 e. The van der Waals surface area contributed by atoms with Crippen molar-refractivity contribution in [3.63, 3.8) is 0 Å². The summed E-state index contributed by atoms with van der Waals surface area (Å²) in [4.78, 5) is 13.3. The van der Waals surface area contributed by atoms with Crippen LogP contribution in [0.5, 0.6) is 0 Å². The lowest BCUT2D eigenvalue weighted by Crippen LogP contribution is -2.64. The van der Waals surface area contributed by atoms with Crippen molar-refractivity contribution in [2.75, 3.05) is 0 Å². The summed E-state index contributed by atoms with van der Waals surface area (Å²) >= 11 is 0. The van der Waals surface area contributed by atoms with E-state index < -0.39 is 0 Å². The van der Waals surface area contributed by atoms with Gasteiger partial charge in [0, 0.05) is 11.8 Å². The van der Waals surface area contributed by atoms with Crippen molar-refractivity contribution >= 4 is 5.97 Å². The Morgan fingerprint density at radius 2 is 1.13 bits per heavy atom. The Kier molecular flexibility index (Phi) is 15.5. The summed E-state index contributed by atoms with van der Waals surface area (Å²) < 4.78 is 6.44. The van der Waals surface area contributed by atoms with Crippen molar-refractivity contribution in [3.8, 4) is 0 Å². The van der Waals surface area contributed by atoms with Gasteiger partial charge in [-0.15, -0.1) is 0 Å². The van der Waals surface area contributed by atoms with Crippen LogP contribution in [0.15, 0.2) is 11.6 Å². The smallest absolute Gasteiger partial charge is 0.306 e. The number of carbonyl (C=O) groups is 1. The van der Waals surface area contributed by atoms with Gasteiger partial charge in [0.1, 0.15) is 6.10 Å². The third kappa shape index (κ3) is 9.73. The number of esters is 1. The van der Waals surface area contributed by atoms with Crippen LogP contribution >= 0.6 is 0 Å². The fourth-order valence-electron chi connectivity index (χ4n) is 14.3. The first-order chi connectivity index (χ1) is 25.6. The fraction of sp³-hybridized carbons (Fsp3) is 0.942. The minimum absolute atomic E-state index is 0.0287. The van der Waals surface area contributed by atoms with Crippen LogP contribution < -0.4 is 0 Å². The molecule has 0 spiro atoms. The average Bonchev–Trinajstić information content (AvgIpc) is 3.11. The number of hydrogen-bond acceptors (Lipinski definition) is 2. The number of unbranched alkanes of at least 4 members (excludes halogenated alkanes) is 18. The Bertz CT molecular complexity index is 1210. The second kappa shape index (κ2) is 18.9. The van der Waals surface area contributed by atoms with E-state index in [1.807, 2.05) is 5.57 Å². The van der Waals surface area contributed by atoms with Gasteiger partial charge in [-0.3, -0.25) is 4.79 Å². The molecule has 0 N–H and O–H groups in total. The molecule has 4 fully saturated rings. The number of carbonyl (C=O) groups excluding carboxylic acids is 1. The summed E-state index contributed by atoms with van der Waals surface area (Å²) in [6.45, 7) is 23.1. The maximum atomic E-state index is 13.3. The van der Waals surface area contributed by atoms with Gasteiger partial charge >= 0.3 is 5.97 Å². The third-order valence-electron chi connectivity index (χ3n) is 18.3. The van der Waals surface area contributed by atoms with Crippen molar-refractivity contribution in [2.24, 2.45) is 50.2 Å². The maximum absolute atomic E-state index is 13.3. The van der Waals surface area contributed by atoms with Crippen molar-refractivity contribution in [3.05, 3.63) is 11.6 Å². The van der Waals surface area contributed by atoms with Crippen molar-refractivity contribution in [1.82, 2.24) is 0 Å². The molecule has 0 saturated heterocycles. The molecule has 4 saturated carbocycles. The number of hydrogen-bond donors (Lipinski definition) is 0. The van der Waals surface area contributed by atoms with E-state index >= 15 is 0 Å². The summed E-state index contributed by atoms with van der Waals surface area (Å²) in [5.74, 6) is 2.18. The molecule has 0 bridgehead atoms. The highest BCUT2D eigenvalue weighted by molar-refractivity contribution is 5.69. The SMILES string of the molecule is CCCCCCCCCCCCCCCCCCCCCC(=O)O[C@H]1CC[C@]2(C)[C@H]3CC=C4[C@H]5CC(C)(C)CC[C@]5(C)CC[C@@]4(C)[C@]3(C)CC[C@H]2C1(C)C. The Morgan fingerprint density at radius 1 is 0.611 bits per heavy atom. The Morgan fingerprint density at radius 3 is 1.69 bits per heavy atom. The van der Waals surface area contributed by atoms with Gasteiger partial charge in [-0.1, -0.05) is 190 Å². The summed E-state index contributed by atoms with van der Waals surface area (Å²) in [5.41, 5.74) is 3.86. The molecule has 0 heterocycles. The molecule has 54 heavy (non-hydrogen) atoms. The maximum Gasteiger partial charge on any atom is 0.306 e. The first-order valence-electron chi connectivity index (χ1n) is 24.5. The lowest BCUT2D eigenvalue weighted by molar-refractivity contribution is -0.212. The molecule has 0 aromatic rings. The van der Waals surface area contributed by atoms with E-state index in [0.29, 0.717) is 39.4 Å². The molecule has 5 aliphatic carbocycles. The van der Waals surface area contributed by atoms with E-state index in [1.54, 1.807) is 0 Å². The van der Waals surface area contributed by atoms with Gasteiger partial charge in [0.2, 0.25) is 0 Å². The zero-order valence-corrected chi connectivity index (χ0v) is 37.9. The Balaban J connectivity index is 0.989. The normalized spacial score (nSPS) is 36.6. The van der Waals surface area contributed by atoms with Crippen molar-refractivity contribution in [2.45, 2.75) is 261 Å². The highest BCUT2D eigenvalue weighted by atomic mass is 16.5. The minimum atomic E-state index is 0.0287. The third-order valence-corrected chi connectivity index (χ3v) is 18.3. The first-order valence-corrected chi connectivity index (χ1v) is 24.5. The highest BCUT2D eigenvalue weighted by Crippen LogP contribution is 2.75. The molecule has 2 heteroatoms. The summed E-state index contributed by atoms with van der Waals surface area (Å²) in [5, 5.41) is 0. The molecule has 0 amide bonds. The van der Waals surface area contributed by atoms with Crippen LogP contribution in [0, 0.1) is 50.2 Å². The van der Waals surface area contributed by atoms with Crippen LogP contribution in [0.3, 0.4) is 0 Å². The van der Waals surface area contributed by atoms with Gasteiger partial charge in [-0.25, -0.2) is 0 Å². The van der Waals surface area contributed by atoms with Crippen molar-refractivity contribution < 1.29 is 9.53 Å². The van der Waals surface area contributed by atoms with Crippen LogP contribution in [-0.2, 0) is 9.53 Å². The Labute approximate surface area is 337 Å². The zero-order valence-electron chi connectivity index (χ0n) is 37.9. The molecule has 2 nitrogen and oxygen atoms in total. The van der Waals surface area contributed by atoms with E-state index in [4.69, 9.17) is 4.74 Å². The molecule has 0 aliphatic heterocycles. The molecule has 312 valence electrons. The van der Waals surface area contributed by atoms with Crippen LogP contribution in [0.4, 0.5) is 0 Å². The number of allylic oxidation sites excluding steroid dienone is 2. The van der Waals surface area contributed by atoms with Gasteiger partial charge in [0.05, 0.1) is 0 Å². The molecule has 5 rings (SSSR count). The number of fused-ring (bicyclic) bond motifs is 7. The lowest BCUT2D eigenvalue weighted by atomic mass is 9.33. The number of rotatable bonds is 21. The van der Waals surface area contributed by atoms with Crippen LogP contribution in [-0.4, -0.2) is 12.1 Å². The fourth-order valence-corrected chi connectivity index (χ4v) is 14.3. The van der Waals surface area contributed by atoms with Crippen LogP contribution in [0.2, 0.25) is 0 Å². The molecule has 8 atom stereocenters. The molecule has 0 aromatic heterocycles. The summed E-state index contributed by atoms with van der Waals surface area (Å²) in [6.07, 6.45) is 42.8. The second-order valence-corrected chi connectivity index (χ2v) is 22.8. The molecule has 0 radical (unpaired) electrons. The molecular formula is C52H92O2. The van der Waals surface area contributed by atoms with Crippen LogP contribution in [0.1, 0.15) is 255 Å². The van der Waals surface area contributed by atoms with E-state index in [0.717, 1.165) is 24.7 Å². The second-order valence-electron chi connectivity index (χ2n) is 22.8. The predicted molar refractivity (Wildman–Crippen MR) is 233 cm³/mol. The van der Waals surface area contributed by atoms with E-state index in [1.165, 1.54) is 173 Å². The van der Waals surface area contributed by atoms with Gasteiger partial charge in [-0.2, -0.15) is 0 Å². The largest absolute Gasteiger partial charge is 0.462 e. The summed E-state index contributed by atoms with van der Waals surface area (Å²) in [7, 11) is 0. The van der Waals surface area contributed by atoms with E-state index in [2.05, 4.69) is 68.4 Å². The van der Waals surface area contributed by atoms with Gasteiger partial charge in [0.25, 0.3) is 0 Å². The average molecular weight is 749 g/mol. The predicted octanol–water partition coefficient (Wildman–Crippen LogP) is 16.5. The summed E-state index contributed by atoms with van der Waals surface area (Å²) in [6, 6.07) is 0. The molecule has 0 aromatic carbocycles.